The van der Waals surface area contributed by atoms with E-state index >= 15 is 0 Å². The molecule has 0 atom stereocenters. The Morgan fingerprint density at radius 3 is 2.73 bits per heavy atom. The molecule has 0 spiro atoms. The van der Waals surface area contributed by atoms with Crippen molar-refractivity contribution < 1.29 is 14.3 Å². The minimum atomic E-state index is -0.448. The van der Waals surface area contributed by atoms with Gasteiger partial charge in [0.15, 0.2) is 0 Å². The van der Waals surface area contributed by atoms with E-state index in [2.05, 4.69) is 42.5 Å². The Labute approximate surface area is 201 Å². The number of hydrogen-bond acceptors (Lipinski definition) is 7. The lowest BCUT2D eigenvalue weighted by molar-refractivity contribution is 0.0999. The normalized spacial score (nSPS) is 13.5. The van der Waals surface area contributed by atoms with Crippen molar-refractivity contribution in [1.29, 1.82) is 0 Å². The second-order valence-corrected chi connectivity index (χ2v) is 8.39. The molecule has 1 aromatic heterocycles. The molecule has 0 unspecified atom stereocenters. The second kappa shape index (κ2) is 10.5. The zero-order chi connectivity index (χ0) is 23.2. The molecule has 9 heteroatoms. The predicted octanol–water partition coefficient (Wildman–Crippen LogP) is 4.14. The number of nitrogens with two attached hydrogens (primary N) is 1. The van der Waals surface area contributed by atoms with Crippen LogP contribution in [-0.4, -0.2) is 44.3 Å². The Hall–Kier alpha value is -3.30. The van der Waals surface area contributed by atoms with Gasteiger partial charge in [-0.2, -0.15) is 0 Å². The van der Waals surface area contributed by atoms with E-state index in [1.54, 1.807) is 25.4 Å². The summed E-state index contributed by atoms with van der Waals surface area (Å²) in [6.07, 6.45) is 1.72. The van der Waals surface area contributed by atoms with E-state index in [9.17, 15) is 4.79 Å². The Morgan fingerprint density at radius 1 is 1.18 bits per heavy atom. The van der Waals surface area contributed by atoms with Gasteiger partial charge in [0.05, 0.1) is 36.2 Å². The van der Waals surface area contributed by atoms with Crippen LogP contribution in [0.25, 0.3) is 0 Å². The summed E-state index contributed by atoms with van der Waals surface area (Å²) in [6.45, 7) is 3.62. The fourth-order valence-corrected chi connectivity index (χ4v) is 4.04. The molecular weight excluding hydrogens is 486 g/mol. The quantitative estimate of drug-likeness (QED) is 0.417. The van der Waals surface area contributed by atoms with Crippen molar-refractivity contribution in [2.75, 3.05) is 48.9 Å². The number of carbonyl (C=O) groups excluding carboxylic acids is 1. The minimum absolute atomic E-state index is 0.443. The third kappa shape index (κ3) is 5.55. The van der Waals surface area contributed by atoms with Crippen molar-refractivity contribution >= 4 is 44.7 Å². The smallest absolute Gasteiger partial charge is 0.249 e. The molecule has 1 fully saturated rings. The van der Waals surface area contributed by atoms with Crippen LogP contribution in [0.5, 0.6) is 5.75 Å². The average molecular weight is 512 g/mol. The molecule has 33 heavy (non-hydrogen) atoms. The first kappa shape index (κ1) is 22.9. The molecule has 1 amide bonds. The zero-order valence-electron chi connectivity index (χ0n) is 18.3. The van der Waals surface area contributed by atoms with Gasteiger partial charge in [-0.05, 0) is 39.7 Å². The van der Waals surface area contributed by atoms with E-state index in [0.717, 1.165) is 59.2 Å². The molecular formula is C24H26BrN5O3. The molecule has 0 saturated carbocycles. The van der Waals surface area contributed by atoms with Gasteiger partial charge < -0.3 is 30.7 Å². The molecule has 8 nitrogen and oxygen atoms in total. The van der Waals surface area contributed by atoms with Crippen molar-refractivity contribution in [3.63, 3.8) is 0 Å². The van der Waals surface area contributed by atoms with E-state index in [-0.39, 0.29) is 0 Å². The number of carbonyl (C=O) groups is 1. The van der Waals surface area contributed by atoms with E-state index in [4.69, 9.17) is 15.2 Å². The van der Waals surface area contributed by atoms with Crippen LogP contribution < -0.4 is 26.0 Å². The molecule has 2 aromatic carbocycles. The van der Waals surface area contributed by atoms with Gasteiger partial charge in [0.1, 0.15) is 11.6 Å². The lowest BCUT2D eigenvalue weighted by Gasteiger charge is -2.29. The van der Waals surface area contributed by atoms with E-state index in [1.807, 2.05) is 30.3 Å². The number of primary amides is 1. The van der Waals surface area contributed by atoms with Gasteiger partial charge in [-0.1, -0.05) is 18.2 Å². The number of methoxy groups -OCH3 is 1. The molecule has 4 N–H and O–H groups in total. The summed E-state index contributed by atoms with van der Waals surface area (Å²) in [5, 5.41) is 6.68. The van der Waals surface area contributed by atoms with Crippen LogP contribution >= 0.6 is 15.9 Å². The maximum atomic E-state index is 11.7. The number of rotatable bonds is 8. The van der Waals surface area contributed by atoms with Gasteiger partial charge in [-0.3, -0.25) is 4.79 Å². The maximum absolute atomic E-state index is 11.7. The van der Waals surface area contributed by atoms with Gasteiger partial charge >= 0.3 is 0 Å². The first-order valence-corrected chi connectivity index (χ1v) is 11.4. The highest BCUT2D eigenvalue weighted by atomic mass is 79.9. The number of amides is 1. The molecule has 3 aromatic rings. The third-order valence-electron chi connectivity index (χ3n) is 5.43. The first-order valence-electron chi connectivity index (χ1n) is 10.6. The molecule has 0 aliphatic carbocycles. The molecule has 1 aliphatic rings. The topological polar surface area (TPSA) is 102 Å². The number of ether oxygens (including phenoxy) is 2. The van der Waals surface area contributed by atoms with Crippen molar-refractivity contribution in [2.45, 2.75) is 6.54 Å². The summed E-state index contributed by atoms with van der Waals surface area (Å²) in [7, 11) is 1.65. The number of hydrogen-bond donors (Lipinski definition) is 3. The number of benzene rings is 2. The lowest BCUT2D eigenvalue weighted by atomic mass is 10.1. The van der Waals surface area contributed by atoms with Crippen molar-refractivity contribution in [1.82, 2.24) is 4.98 Å². The van der Waals surface area contributed by atoms with E-state index in [1.165, 1.54) is 0 Å². The lowest BCUT2D eigenvalue weighted by Crippen LogP contribution is -2.36. The fourth-order valence-electron chi connectivity index (χ4n) is 3.69. The van der Waals surface area contributed by atoms with E-state index in [0.29, 0.717) is 17.9 Å². The molecule has 0 radical (unpaired) electrons. The van der Waals surface area contributed by atoms with Crippen LogP contribution in [0.2, 0.25) is 0 Å². The summed E-state index contributed by atoms with van der Waals surface area (Å²) in [5.41, 5.74) is 9.55. The fraction of sp³-hybridized carbons (Fsp3) is 0.250. The van der Waals surface area contributed by atoms with Gasteiger partial charge in [0.25, 0.3) is 0 Å². The highest BCUT2D eigenvalue weighted by Gasteiger charge is 2.14. The molecule has 4 rings (SSSR count). The summed E-state index contributed by atoms with van der Waals surface area (Å²) in [6, 6.07) is 15.2. The molecule has 0 bridgehead atoms. The standard InChI is InChI=1S/C24H26BrN5O3/c1-32-22-12-17(30-8-10-33-11-9-30)6-7-20(22)29-23-13-21(19(25)15-28-23)27-14-16-4-2-3-5-18(16)24(26)31/h2-7,12-13,15H,8-11,14H2,1H3,(H2,26,31)(H2,27,28,29). The van der Waals surface area contributed by atoms with Crippen LogP contribution in [0.1, 0.15) is 15.9 Å². The number of nitrogens with zero attached hydrogens (tertiary/aromatic N) is 2. The second-order valence-electron chi connectivity index (χ2n) is 7.53. The molecule has 172 valence electrons. The monoisotopic (exact) mass is 511 g/mol. The number of aromatic nitrogens is 1. The van der Waals surface area contributed by atoms with Gasteiger partial charge in [-0.15, -0.1) is 0 Å². The van der Waals surface area contributed by atoms with Gasteiger partial charge in [0.2, 0.25) is 5.91 Å². The van der Waals surface area contributed by atoms with Crippen LogP contribution in [0.15, 0.2) is 59.2 Å². The highest BCUT2D eigenvalue weighted by Crippen LogP contribution is 2.33. The van der Waals surface area contributed by atoms with Crippen LogP contribution in [0, 0.1) is 0 Å². The predicted molar refractivity (Wildman–Crippen MR) is 134 cm³/mol. The zero-order valence-corrected chi connectivity index (χ0v) is 19.9. The third-order valence-corrected chi connectivity index (χ3v) is 6.06. The summed E-state index contributed by atoms with van der Waals surface area (Å²) < 4.78 is 11.9. The molecule has 1 aliphatic heterocycles. The van der Waals surface area contributed by atoms with Crippen LogP contribution in [0.3, 0.4) is 0 Å². The van der Waals surface area contributed by atoms with E-state index < -0.39 is 5.91 Å². The number of nitrogens with one attached hydrogen (secondary N) is 2. The number of morpholine rings is 1. The Bertz CT molecular complexity index is 1130. The summed E-state index contributed by atoms with van der Waals surface area (Å²) >= 11 is 3.53. The number of pyridine rings is 1. The van der Waals surface area contributed by atoms with Gasteiger partial charge in [-0.25, -0.2) is 4.98 Å². The average Bonchev–Trinajstić information content (AvgIpc) is 2.85. The Morgan fingerprint density at radius 2 is 1.97 bits per heavy atom. The Balaban J connectivity index is 1.50. The number of halogens is 1. The highest BCUT2D eigenvalue weighted by molar-refractivity contribution is 9.10. The SMILES string of the molecule is COc1cc(N2CCOCC2)ccc1Nc1cc(NCc2ccccc2C(N)=O)c(Br)cn1. The van der Waals surface area contributed by atoms with Gasteiger partial charge in [0, 0.05) is 49.2 Å². The van der Waals surface area contributed by atoms with Crippen LogP contribution in [-0.2, 0) is 11.3 Å². The molecule has 2 heterocycles. The Kier molecular flexibility index (Phi) is 7.31. The summed E-state index contributed by atoms with van der Waals surface area (Å²) in [4.78, 5) is 18.4. The summed E-state index contributed by atoms with van der Waals surface area (Å²) in [5.74, 6) is 0.936. The molecule has 1 saturated heterocycles. The first-order chi connectivity index (χ1) is 16.0. The van der Waals surface area contributed by atoms with Crippen molar-refractivity contribution in [3.8, 4) is 5.75 Å². The van der Waals surface area contributed by atoms with Crippen molar-refractivity contribution in [3.05, 3.63) is 70.3 Å². The van der Waals surface area contributed by atoms with Crippen LogP contribution in [0.4, 0.5) is 22.9 Å². The van der Waals surface area contributed by atoms with Crippen molar-refractivity contribution in [2.24, 2.45) is 5.73 Å². The number of anilines is 4. The maximum Gasteiger partial charge on any atom is 0.249 e. The largest absolute Gasteiger partial charge is 0.494 e. The minimum Gasteiger partial charge on any atom is -0.494 e.